The van der Waals surface area contributed by atoms with Crippen LogP contribution < -0.4 is 11.1 Å². The number of nitrogens with two attached hydrogens (primary N) is 1. The summed E-state index contributed by atoms with van der Waals surface area (Å²) < 4.78 is 30.6. The van der Waals surface area contributed by atoms with E-state index in [1.807, 2.05) is 0 Å². The van der Waals surface area contributed by atoms with E-state index in [1.165, 1.54) is 19.3 Å². The molecule has 0 radical (unpaired) electrons. The van der Waals surface area contributed by atoms with Gasteiger partial charge in [0.2, 0.25) is 5.91 Å². The van der Waals surface area contributed by atoms with Crippen molar-refractivity contribution in [3.8, 4) is 0 Å². The molecule has 0 aromatic carbocycles. The zero-order chi connectivity index (χ0) is 25.8. The van der Waals surface area contributed by atoms with Gasteiger partial charge in [-0.05, 0) is 104 Å². The standard InChI is InChI=1S/C27H48N2O5S/c1-17(5-6-23(31)29-13-14-35(32,33)34)20-8-12-27(4)24-21(9-11-26(20,27)3)25(2)10-7-19(28)15-18(25)16-22(24)30/h17-22,24,30H,5-16,28H2,1-4H3,(H,29,31)(H,32,33,34)/t17-,18?,19-,20-,21+,22+,24+,25+,26-,27+/m1/s1. The molecule has 8 heteroatoms. The number of rotatable bonds is 7. The molecular formula is C27H48N2O5S. The third-order valence-electron chi connectivity index (χ3n) is 11.8. The van der Waals surface area contributed by atoms with Gasteiger partial charge in [-0.25, -0.2) is 0 Å². The zero-order valence-electron chi connectivity index (χ0n) is 22.1. The van der Waals surface area contributed by atoms with E-state index in [2.05, 4.69) is 33.0 Å². The predicted octanol–water partition coefficient (Wildman–Crippen LogP) is 3.75. The second-order valence-corrected chi connectivity index (χ2v) is 14.9. The van der Waals surface area contributed by atoms with Crippen LogP contribution in [-0.4, -0.2) is 48.4 Å². The van der Waals surface area contributed by atoms with Crippen LogP contribution in [0, 0.1) is 45.8 Å². The highest BCUT2D eigenvalue weighted by molar-refractivity contribution is 7.85. The minimum Gasteiger partial charge on any atom is -0.393 e. The monoisotopic (exact) mass is 512 g/mol. The van der Waals surface area contributed by atoms with Gasteiger partial charge in [0.15, 0.2) is 0 Å². The van der Waals surface area contributed by atoms with E-state index in [-0.39, 0.29) is 40.8 Å². The molecule has 4 saturated carbocycles. The molecule has 10 atom stereocenters. The van der Waals surface area contributed by atoms with E-state index in [1.54, 1.807) is 0 Å². The average molecular weight is 513 g/mol. The third kappa shape index (κ3) is 4.82. The molecule has 0 saturated heterocycles. The Bertz CT molecular complexity index is 911. The molecule has 1 unspecified atom stereocenters. The van der Waals surface area contributed by atoms with Gasteiger partial charge in [0.25, 0.3) is 10.1 Å². The molecule has 202 valence electrons. The van der Waals surface area contributed by atoms with Gasteiger partial charge in [0.05, 0.1) is 11.9 Å². The number of aliphatic hydroxyl groups is 1. The number of amides is 1. The Morgan fingerprint density at radius 2 is 1.77 bits per heavy atom. The van der Waals surface area contributed by atoms with Crippen LogP contribution in [-0.2, 0) is 14.9 Å². The Hall–Kier alpha value is -0.700. The largest absolute Gasteiger partial charge is 0.393 e. The molecule has 5 N–H and O–H groups in total. The van der Waals surface area contributed by atoms with Crippen LogP contribution in [0.25, 0.3) is 0 Å². The molecule has 0 aromatic heterocycles. The van der Waals surface area contributed by atoms with Crippen molar-refractivity contribution in [1.82, 2.24) is 5.32 Å². The fraction of sp³-hybridized carbons (Fsp3) is 0.963. The number of hydrogen-bond acceptors (Lipinski definition) is 5. The van der Waals surface area contributed by atoms with Crippen molar-refractivity contribution in [3.05, 3.63) is 0 Å². The molecule has 4 aliphatic carbocycles. The van der Waals surface area contributed by atoms with Crippen LogP contribution in [0.2, 0.25) is 0 Å². The Balaban J connectivity index is 1.44. The van der Waals surface area contributed by atoms with Gasteiger partial charge in [-0.1, -0.05) is 27.7 Å². The predicted molar refractivity (Wildman–Crippen MR) is 137 cm³/mol. The number of carbonyl (C=O) groups is 1. The van der Waals surface area contributed by atoms with Gasteiger partial charge in [-0.15, -0.1) is 0 Å². The van der Waals surface area contributed by atoms with Crippen LogP contribution in [0.3, 0.4) is 0 Å². The molecule has 0 aliphatic heterocycles. The van der Waals surface area contributed by atoms with Crippen molar-refractivity contribution in [2.24, 2.45) is 51.6 Å². The number of hydrogen-bond donors (Lipinski definition) is 4. The van der Waals surface area contributed by atoms with E-state index >= 15 is 0 Å². The van der Waals surface area contributed by atoms with Gasteiger partial charge in [-0.3, -0.25) is 9.35 Å². The molecule has 0 heterocycles. The van der Waals surface area contributed by atoms with E-state index in [4.69, 9.17) is 10.3 Å². The first-order chi connectivity index (χ1) is 16.2. The van der Waals surface area contributed by atoms with Gasteiger partial charge in [0, 0.05) is 19.0 Å². The van der Waals surface area contributed by atoms with Crippen LogP contribution in [0.5, 0.6) is 0 Å². The highest BCUT2D eigenvalue weighted by Crippen LogP contribution is 2.73. The molecular weight excluding hydrogens is 464 g/mol. The molecule has 0 aromatic rings. The molecule has 35 heavy (non-hydrogen) atoms. The molecule has 4 rings (SSSR count). The van der Waals surface area contributed by atoms with E-state index in [0.29, 0.717) is 36.0 Å². The van der Waals surface area contributed by atoms with Crippen molar-refractivity contribution in [2.75, 3.05) is 12.3 Å². The first-order valence-corrected chi connectivity index (χ1v) is 15.5. The van der Waals surface area contributed by atoms with E-state index in [0.717, 1.165) is 38.5 Å². The molecule has 4 aliphatic rings. The average Bonchev–Trinajstić information content (AvgIpc) is 3.03. The maximum atomic E-state index is 12.3. The first kappa shape index (κ1) is 27.3. The van der Waals surface area contributed by atoms with Crippen molar-refractivity contribution >= 4 is 16.0 Å². The normalized spacial score (nSPS) is 46.3. The summed E-state index contributed by atoms with van der Waals surface area (Å²) >= 11 is 0. The lowest BCUT2D eigenvalue weighted by Crippen LogP contribution is -2.62. The number of carbonyl (C=O) groups excluding carboxylic acids is 1. The second-order valence-electron chi connectivity index (χ2n) is 13.3. The van der Waals surface area contributed by atoms with Crippen molar-refractivity contribution in [1.29, 1.82) is 0 Å². The van der Waals surface area contributed by atoms with Gasteiger partial charge >= 0.3 is 0 Å². The van der Waals surface area contributed by atoms with E-state index in [9.17, 15) is 18.3 Å². The Morgan fingerprint density at radius 1 is 1.09 bits per heavy atom. The maximum Gasteiger partial charge on any atom is 0.266 e. The number of aliphatic hydroxyl groups excluding tert-OH is 1. The van der Waals surface area contributed by atoms with E-state index < -0.39 is 15.9 Å². The number of fused-ring (bicyclic) bond motifs is 5. The highest BCUT2D eigenvalue weighted by Gasteiger charge is 2.67. The Kier molecular flexibility index (Phi) is 7.46. The van der Waals surface area contributed by atoms with Crippen molar-refractivity contribution in [2.45, 2.75) is 104 Å². The topological polar surface area (TPSA) is 130 Å². The summed E-state index contributed by atoms with van der Waals surface area (Å²) in [5, 5.41) is 14.2. The molecule has 4 fully saturated rings. The smallest absolute Gasteiger partial charge is 0.266 e. The summed E-state index contributed by atoms with van der Waals surface area (Å²) in [6.07, 6.45) is 9.74. The van der Waals surface area contributed by atoms with Crippen LogP contribution in [0.1, 0.15) is 91.9 Å². The lowest BCUT2D eigenvalue weighted by Gasteiger charge is -2.66. The fourth-order valence-electron chi connectivity index (χ4n) is 9.64. The first-order valence-electron chi connectivity index (χ1n) is 13.9. The summed E-state index contributed by atoms with van der Waals surface area (Å²) in [6.45, 7) is 9.61. The Labute approximate surface area is 212 Å². The summed E-state index contributed by atoms with van der Waals surface area (Å²) in [5.41, 5.74) is 6.87. The molecule has 0 spiro atoms. The highest BCUT2D eigenvalue weighted by atomic mass is 32.2. The Morgan fingerprint density at radius 3 is 2.46 bits per heavy atom. The summed E-state index contributed by atoms with van der Waals surface area (Å²) in [4.78, 5) is 12.3. The summed E-state index contributed by atoms with van der Waals surface area (Å²) in [7, 11) is -4.06. The third-order valence-corrected chi connectivity index (χ3v) is 12.5. The van der Waals surface area contributed by atoms with Crippen LogP contribution in [0.15, 0.2) is 0 Å². The lowest BCUT2D eigenvalue weighted by molar-refractivity contribution is -0.201. The molecule has 1 amide bonds. The summed E-state index contributed by atoms with van der Waals surface area (Å²) in [6, 6.07) is 0.281. The fourth-order valence-corrected chi connectivity index (χ4v) is 10.00. The maximum absolute atomic E-state index is 12.3. The van der Waals surface area contributed by atoms with Crippen molar-refractivity contribution in [3.63, 3.8) is 0 Å². The van der Waals surface area contributed by atoms with Crippen LogP contribution in [0.4, 0.5) is 0 Å². The SMILES string of the molecule is C[C@H](CCC(=O)NCCS(=O)(=O)O)[C@H]1CC[C@@]2(C)[C@@H]3[C@@H](O)CC4C[C@H](N)CC[C@]4(C)[C@H]3CC[C@]12C. The van der Waals surface area contributed by atoms with Gasteiger partial charge < -0.3 is 16.2 Å². The zero-order valence-corrected chi connectivity index (χ0v) is 22.9. The quantitative estimate of drug-likeness (QED) is 0.384. The number of nitrogens with one attached hydrogen (secondary N) is 1. The van der Waals surface area contributed by atoms with Gasteiger partial charge in [0.1, 0.15) is 0 Å². The molecule has 0 bridgehead atoms. The van der Waals surface area contributed by atoms with Crippen molar-refractivity contribution < 1.29 is 22.9 Å². The summed E-state index contributed by atoms with van der Waals surface area (Å²) in [5.74, 6) is 1.70. The lowest BCUT2D eigenvalue weighted by atomic mass is 9.39. The van der Waals surface area contributed by atoms with Crippen LogP contribution >= 0.6 is 0 Å². The minimum atomic E-state index is -4.06. The second kappa shape index (κ2) is 9.55. The molecule has 7 nitrogen and oxygen atoms in total. The van der Waals surface area contributed by atoms with Gasteiger partial charge in [-0.2, -0.15) is 8.42 Å². The minimum absolute atomic E-state index is 0.0586.